The van der Waals surface area contributed by atoms with E-state index in [0.717, 1.165) is 19.3 Å². The molecule has 0 radical (unpaired) electrons. The molecule has 0 unspecified atom stereocenters. The van der Waals surface area contributed by atoms with E-state index >= 15 is 0 Å². The Hall–Kier alpha value is -2.35. The van der Waals surface area contributed by atoms with Gasteiger partial charge in [-0.1, -0.05) is 37.5 Å². The molecule has 2 rings (SSSR count). The molecular formula is C15H20N6OS. The number of anilines is 1. The molecule has 1 amide bonds. The van der Waals surface area contributed by atoms with Gasteiger partial charge in [-0.3, -0.25) is 15.4 Å². The van der Waals surface area contributed by atoms with Crippen LogP contribution in [-0.4, -0.2) is 31.2 Å². The number of rotatable bonds is 6. The number of hydrogen-bond acceptors (Lipinski definition) is 5. The van der Waals surface area contributed by atoms with Crippen LogP contribution in [0.15, 0.2) is 24.3 Å². The number of tetrazole rings is 1. The lowest BCUT2D eigenvalue weighted by Gasteiger charge is -2.07. The van der Waals surface area contributed by atoms with Crippen LogP contribution in [-0.2, 0) is 13.0 Å². The highest BCUT2D eigenvalue weighted by atomic mass is 32.1. The van der Waals surface area contributed by atoms with Crippen molar-refractivity contribution in [3.63, 3.8) is 0 Å². The Kier molecular flexibility index (Phi) is 6.16. The van der Waals surface area contributed by atoms with E-state index < -0.39 is 0 Å². The molecule has 0 atom stereocenters. The molecular weight excluding hydrogens is 312 g/mol. The summed E-state index contributed by atoms with van der Waals surface area (Å²) in [5.41, 5.74) is 1.72. The van der Waals surface area contributed by atoms with E-state index in [2.05, 4.69) is 39.9 Å². The zero-order chi connectivity index (χ0) is 16.7. The quantitative estimate of drug-likeness (QED) is 0.789. The molecule has 0 spiro atoms. The third-order valence-electron chi connectivity index (χ3n) is 3.24. The number of benzene rings is 1. The standard InChI is InChI=1S/C15H20N6OS/c1-3-5-10-21-19-14(18-20-21)17-15(23)16-13(22)12-8-6-11(4-2)7-9-12/h6-9H,3-5,10H2,1-2H3,(H2,16,17,19,22,23). The van der Waals surface area contributed by atoms with Crippen LogP contribution in [0.4, 0.5) is 5.95 Å². The third kappa shape index (κ3) is 5.10. The maximum Gasteiger partial charge on any atom is 0.269 e. The Morgan fingerprint density at radius 2 is 2.00 bits per heavy atom. The smallest absolute Gasteiger partial charge is 0.269 e. The topological polar surface area (TPSA) is 84.7 Å². The molecule has 0 aliphatic carbocycles. The Morgan fingerprint density at radius 3 is 2.65 bits per heavy atom. The fourth-order valence-electron chi connectivity index (χ4n) is 1.89. The highest BCUT2D eigenvalue weighted by Gasteiger charge is 2.10. The molecule has 8 heteroatoms. The fourth-order valence-corrected chi connectivity index (χ4v) is 2.07. The summed E-state index contributed by atoms with van der Waals surface area (Å²) in [4.78, 5) is 13.6. The van der Waals surface area contributed by atoms with E-state index in [-0.39, 0.29) is 17.0 Å². The summed E-state index contributed by atoms with van der Waals surface area (Å²) < 4.78 is 0. The Bertz CT molecular complexity index is 667. The van der Waals surface area contributed by atoms with E-state index in [9.17, 15) is 4.79 Å². The van der Waals surface area contributed by atoms with Crippen molar-refractivity contribution in [2.75, 3.05) is 5.32 Å². The second kappa shape index (κ2) is 8.33. The molecule has 2 N–H and O–H groups in total. The van der Waals surface area contributed by atoms with E-state index in [4.69, 9.17) is 12.2 Å². The molecule has 1 heterocycles. The number of amides is 1. The largest absolute Gasteiger partial charge is 0.299 e. The number of carbonyl (C=O) groups excluding carboxylic acids is 1. The monoisotopic (exact) mass is 332 g/mol. The predicted molar refractivity (Wildman–Crippen MR) is 92.2 cm³/mol. The molecule has 0 saturated heterocycles. The van der Waals surface area contributed by atoms with Crippen molar-refractivity contribution in [3.05, 3.63) is 35.4 Å². The van der Waals surface area contributed by atoms with Gasteiger partial charge in [-0.2, -0.15) is 4.80 Å². The fraction of sp³-hybridized carbons (Fsp3) is 0.400. The van der Waals surface area contributed by atoms with Gasteiger partial charge in [0.05, 0.1) is 6.54 Å². The number of unbranched alkanes of at least 4 members (excludes halogenated alkanes) is 1. The van der Waals surface area contributed by atoms with E-state index in [1.807, 2.05) is 12.1 Å². The molecule has 1 aromatic carbocycles. The average molecular weight is 332 g/mol. The lowest BCUT2D eigenvalue weighted by atomic mass is 10.1. The summed E-state index contributed by atoms with van der Waals surface area (Å²) in [6, 6.07) is 7.39. The zero-order valence-corrected chi connectivity index (χ0v) is 14.1. The average Bonchev–Trinajstić information content (AvgIpc) is 3.00. The normalized spacial score (nSPS) is 10.3. The number of aromatic nitrogens is 4. The molecule has 7 nitrogen and oxygen atoms in total. The molecule has 0 aliphatic heterocycles. The molecule has 1 aromatic heterocycles. The summed E-state index contributed by atoms with van der Waals surface area (Å²) in [7, 11) is 0. The minimum atomic E-state index is -0.275. The second-order valence-corrected chi connectivity index (χ2v) is 5.43. The summed E-state index contributed by atoms with van der Waals surface area (Å²) in [6.07, 6.45) is 2.96. The van der Waals surface area contributed by atoms with Crippen molar-refractivity contribution >= 4 is 29.2 Å². The van der Waals surface area contributed by atoms with Crippen molar-refractivity contribution in [2.24, 2.45) is 0 Å². The summed E-state index contributed by atoms with van der Waals surface area (Å²) >= 11 is 5.10. The van der Waals surface area contributed by atoms with Crippen LogP contribution < -0.4 is 10.6 Å². The molecule has 2 aromatic rings. The van der Waals surface area contributed by atoms with Gasteiger partial charge >= 0.3 is 0 Å². The predicted octanol–water partition coefficient (Wildman–Crippen LogP) is 2.16. The number of nitrogens with zero attached hydrogens (tertiary/aromatic N) is 4. The van der Waals surface area contributed by atoms with Crippen molar-refractivity contribution in [2.45, 2.75) is 39.7 Å². The van der Waals surface area contributed by atoms with Gasteiger partial charge in [-0.05, 0) is 48.0 Å². The number of nitrogens with one attached hydrogen (secondary N) is 2. The maximum absolute atomic E-state index is 12.1. The first kappa shape index (κ1) is 17.0. The molecule has 0 saturated carbocycles. The maximum atomic E-state index is 12.1. The second-order valence-electron chi connectivity index (χ2n) is 5.02. The van der Waals surface area contributed by atoms with Gasteiger partial charge < -0.3 is 0 Å². The number of carbonyl (C=O) groups is 1. The Morgan fingerprint density at radius 1 is 1.26 bits per heavy atom. The van der Waals surface area contributed by atoms with E-state index in [0.29, 0.717) is 12.1 Å². The minimum absolute atomic E-state index is 0.143. The van der Waals surface area contributed by atoms with Crippen molar-refractivity contribution in [1.82, 2.24) is 25.5 Å². The van der Waals surface area contributed by atoms with Gasteiger partial charge in [0.2, 0.25) is 0 Å². The zero-order valence-electron chi connectivity index (χ0n) is 13.2. The van der Waals surface area contributed by atoms with E-state index in [1.54, 1.807) is 12.1 Å². The van der Waals surface area contributed by atoms with Gasteiger partial charge in [0.25, 0.3) is 11.9 Å². The first-order valence-electron chi connectivity index (χ1n) is 7.61. The number of aryl methyl sites for hydroxylation is 2. The van der Waals surface area contributed by atoms with Crippen LogP contribution in [0.25, 0.3) is 0 Å². The van der Waals surface area contributed by atoms with Gasteiger partial charge in [-0.15, -0.1) is 5.10 Å². The van der Waals surface area contributed by atoms with Crippen molar-refractivity contribution < 1.29 is 4.79 Å². The molecule has 122 valence electrons. The molecule has 23 heavy (non-hydrogen) atoms. The van der Waals surface area contributed by atoms with Crippen LogP contribution in [0, 0.1) is 0 Å². The summed E-state index contributed by atoms with van der Waals surface area (Å²) in [6.45, 7) is 4.86. The molecule has 0 fully saturated rings. The van der Waals surface area contributed by atoms with Gasteiger partial charge in [0.1, 0.15) is 0 Å². The van der Waals surface area contributed by atoms with Crippen molar-refractivity contribution in [1.29, 1.82) is 0 Å². The Balaban J connectivity index is 1.88. The van der Waals surface area contributed by atoms with Crippen molar-refractivity contribution in [3.8, 4) is 0 Å². The first-order chi connectivity index (χ1) is 11.1. The summed E-state index contributed by atoms with van der Waals surface area (Å²) in [5, 5.41) is 17.4. The SMILES string of the molecule is CCCCn1nnc(NC(=S)NC(=O)c2ccc(CC)cc2)n1. The van der Waals surface area contributed by atoms with Crippen LogP contribution in [0.3, 0.4) is 0 Å². The third-order valence-corrected chi connectivity index (χ3v) is 3.45. The Labute approximate surface area is 140 Å². The first-order valence-corrected chi connectivity index (χ1v) is 8.02. The van der Waals surface area contributed by atoms with Gasteiger partial charge in [-0.25, -0.2) is 0 Å². The lowest BCUT2D eigenvalue weighted by Crippen LogP contribution is -2.34. The van der Waals surface area contributed by atoms with Gasteiger partial charge in [0.15, 0.2) is 5.11 Å². The van der Waals surface area contributed by atoms with Gasteiger partial charge in [0, 0.05) is 5.56 Å². The van der Waals surface area contributed by atoms with E-state index in [1.165, 1.54) is 10.4 Å². The molecule has 0 bridgehead atoms. The lowest BCUT2D eigenvalue weighted by molar-refractivity contribution is 0.0977. The van der Waals surface area contributed by atoms with Crippen LogP contribution >= 0.6 is 12.2 Å². The number of hydrogen-bond donors (Lipinski definition) is 2. The summed E-state index contributed by atoms with van der Waals surface area (Å²) in [5.74, 6) is -0.00346. The van der Waals surface area contributed by atoms with Crippen LogP contribution in [0.5, 0.6) is 0 Å². The number of thiocarbonyl (C=S) groups is 1. The highest BCUT2D eigenvalue weighted by Crippen LogP contribution is 2.05. The highest BCUT2D eigenvalue weighted by molar-refractivity contribution is 7.80. The van der Waals surface area contributed by atoms with Crippen LogP contribution in [0.1, 0.15) is 42.6 Å². The minimum Gasteiger partial charge on any atom is -0.299 e. The molecule has 0 aliphatic rings. The van der Waals surface area contributed by atoms with Crippen LogP contribution in [0.2, 0.25) is 0 Å².